The molecule has 1 aromatic heterocycles. The summed E-state index contributed by atoms with van der Waals surface area (Å²) in [5.41, 5.74) is -0.305. The van der Waals surface area contributed by atoms with Crippen molar-refractivity contribution < 1.29 is 15.0 Å². The molecule has 25 heavy (non-hydrogen) atoms. The summed E-state index contributed by atoms with van der Waals surface area (Å²) < 4.78 is 3.00. The summed E-state index contributed by atoms with van der Waals surface area (Å²) in [6, 6.07) is 4.20. The molecule has 0 saturated heterocycles. The van der Waals surface area contributed by atoms with Crippen molar-refractivity contribution in [3.8, 4) is 5.88 Å². The van der Waals surface area contributed by atoms with Gasteiger partial charge >= 0.3 is 5.97 Å². The molecule has 0 amide bonds. The van der Waals surface area contributed by atoms with Crippen LogP contribution < -0.4 is 5.56 Å². The highest BCUT2D eigenvalue weighted by Crippen LogP contribution is 2.23. The van der Waals surface area contributed by atoms with E-state index in [0.717, 1.165) is 0 Å². The number of carboxylic acid groups (broad SMARTS) is 1. The van der Waals surface area contributed by atoms with Gasteiger partial charge in [0.2, 0.25) is 5.88 Å². The van der Waals surface area contributed by atoms with Crippen LogP contribution in [0.15, 0.2) is 28.0 Å². The van der Waals surface area contributed by atoms with Crippen molar-refractivity contribution >= 4 is 41.7 Å². The Balaban J connectivity index is 2.59. The highest BCUT2D eigenvalue weighted by Gasteiger charge is 2.14. The maximum atomic E-state index is 12.5. The van der Waals surface area contributed by atoms with Gasteiger partial charge in [-0.1, -0.05) is 11.6 Å². The van der Waals surface area contributed by atoms with Crippen molar-refractivity contribution in [1.82, 2.24) is 9.13 Å². The maximum absolute atomic E-state index is 12.5. The Hall–Kier alpha value is -2.45. The number of carboxylic acids is 1. The third-order valence-corrected chi connectivity index (χ3v) is 4.36. The van der Waals surface area contributed by atoms with Crippen molar-refractivity contribution in [1.29, 1.82) is 0 Å². The van der Waals surface area contributed by atoms with E-state index < -0.39 is 11.5 Å². The highest BCUT2D eigenvalue weighted by atomic mass is 35.5. The smallest absolute Gasteiger partial charge is 0.337 e. The predicted molar refractivity (Wildman–Crippen MR) is 98.2 cm³/mol. The Bertz CT molecular complexity index is 979. The first-order valence-corrected chi connectivity index (χ1v) is 8.23. The van der Waals surface area contributed by atoms with Gasteiger partial charge in [0, 0.05) is 19.3 Å². The zero-order chi connectivity index (χ0) is 18.7. The second kappa shape index (κ2) is 7.62. The Kier molecular flexibility index (Phi) is 5.76. The first-order valence-electron chi connectivity index (χ1n) is 7.45. The molecule has 0 saturated carbocycles. The number of aromatic carboxylic acids is 1. The number of hydrogen-bond acceptors (Lipinski definition) is 5. The quantitative estimate of drug-likeness (QED) is 0.612. The molecule has 0 fully saturated rings. The average molecular weight is 382 g/mol. The fourth-order valence-corrected chi connectivity index (χ4v) is 2.91. The lowest BCUT2D eigenvalue weighted by Gasteiger charge is -2.13. The van der Waals surface area contributed by atoms with E-state index in [9.17, 15) is 14.7 Å². The van der Waals surface area contributed by atoms with Crippen molar-refractivity contribution in [2.45, 2.75) is 26.9 Å². The van der Waals surface area contributed by atoms with Gasteiger partial charge in [0.25, 0.3) is 5.56 Å². The van der Waals surface area contributed by atoms with Gasteiger partial charge in [0.15, 0.2) is 4.77 Å². The zero-order valence-electron chi connectivity index (χ0n) is 13.6. The van der Waals surface area contributed by atoms with Gasteiger partial charge in [-0.25, -0.2) is 4.79 Å². The highest BCUT2D eigenvalue weighted by molar-refractivity contribution is 7.71. The Morgan fingerprint density at radius 1 is 1.32 bits per heavy atom. The Morgan fingerprint density at radius 2 is 1.96 bits per heavy atom. The molecule has 2 aromatic rings. The number of benzene rings is 1. The Labute approximate surface area is 153 Å². The second-order valence-corrected chi connectivity index (χ2v) is 5.81. The third kappa shape index (κ3) is 3.64. The fourth-order valence-electron chi connectivity index (χ4n) is 2.28. The van der Waals surface area contributed by atoms with E-state index in [4.69, 9.17) is 28.9 Å². The van der Waals surface area contributed by atoms with E-state index >= 15 is 0 Å². The molecule has 0 aliphatic carbocycles. The minimum Gasteiger partial charge on any atom is -0.494 e. The number of aromatic hydroxyl groups is 1. The number of nitrogens with zero attached hydrogens (tertiary/aromatic N) is 3. The predicted octanol–water partition coefficient (Wildman–Crippen LogP) is 3.23. The minimum absolute atomic E-state index is 0.0240. The van der Waals surface area contributed by atoms with Crippen molar-refractivity contribution in [3.05, 3.63) is 49.5 Å². The molecule has 2 N–H and O–H groups in total. The topological polar surface area (TPSA) is 96.8 Å². The van der Waals surface area contributed by atoms with Crippen LogP contribution in [0.2, 0.25) is 5.02 Å². The van der Waals surface area contributed by atoms with Crippen LogP contribution in [0.5, 0.6) is 5.88 Å². The molecule has 0 atom stereocenters. The largest absolute Gasteiger partial charge is 0.494 e. The first-order chi connectivity index (χ1) is 11.8. The lowest BCUT2D eigenvalue weighted by molar-refractivity contribution is 0.0697. The summed E-state index contributed by atoms with van der Waals surface area (Å²) in [4.78, 5) is 27.7. The minimum atomic E-state index is -1.18. The Morgan fingerprint density at radius 3 is 2.52 bits per heavy atom. The van der Waals surface area contributed by atoms with Crippen molar-refractivity contribution in [2.24, 2.45) is 4.99 Å². The number of carbonyl (C=O) groups is 1. The zero-order valence-corrected chi connectivity index (χ0v) is 15.1. The van der Waals surface area contributed by atoms with Crippen LogP contribution in [0.3, 0.4) is 0 Å². The normalized spacial score (nSPS) is 11.2. The van der Waals surface area contributed by atoms with Gasteiger partial charge in [-0.15, -0.1) is 0 Å². The first kappa shape index (κ1) is 18.9. The van der Waals surface area contributed by atoms with Crippen LogP contribution in [-0.4, -0.2) is 31.5 Å². The maximum Gasteiger partial charge on any atom is 0.337 e. The molecular formula is C16H16ClN3O4S. The van der Waals surface area contributed by atoms with Crippen LogP contribution in [0.25, 0.3) is 0 Å². The molecule has 0 radical (unpaired) electrons. The molecule has 1 heterocycles. The number of aromatic nitrogens is 2. The summed E-state index contributed by atoms with van der Waals surface area (Å²) in [5.74, 6) is -1.46. The second-order valence-electron chi connectivity index (χ2n) is 5.04. The third-order valence-electron chi connectivity index (χ3n) is 3.59. The molecular weight excluding hydrogens is 366 g/mol. The van der Waals surface area contributed by atoms with E-state index in [1.54, 1.807) is 13.8 Å². The van der Waals surface area contributed by atoms with Crippen LogP contribution in [-0.2, 0) is 13.1 Å². The molecule has 1 aromatic carbocycles. The van der Waals surface area contributed by atoms with E-state index in [1.165, 1.54) is 33.5 Å². The van der Waals surface area contributed by atoms with Crippen LogP contribution in [0.4, 0.5) is 5.69 Å². The van der Waals surface area contributed by atoms with Crippen molar-refractivity contribution in [2.75, 3.05) is 0 Å². The number of aliphatic imine (C=N–C) groups is 1. The fraction of sp³-hybridized carbons (Fsp3) is 0.250. The summed E-state index contributed by atoms with van der Waals surface area (Å²) in [6.45, 7) is 4.30. The van der Waals surface area contributed by atoms with Gasteiger partial charge in [-0.2, -0.15) is 0 Å². The van der Waals surface area contributed by atoms with Gasteiger partial charge in [-0.05, 0) is 44.3 Å². The monoisotopic (exact) mass is 381 g/mol. The number of rotatable bonds is 5. The number of halogens is 1. The SMILES string of the molecule is CCn1c(O)c(C=Nc2ccc(Cl)c(C(=O)O)c2)c(=O)n(CC)c1=S. The van der Waals surface area contributed by atoms with Crippen LogP contribution >= 0.6 is 23.8 Å². The summed E-state index contributed by atoms with van der Waals surface area (Å²) in [5, 5.41) is 19.5. The van der Waals surface area contributed by atoms with Gasteiger partial charge in [0.05, 0.1) is 16.3 Å². The van der Waals surface area contributed by atoms with E-state index in [-0.39, 0.29) is 32.5 Å². The lowest BCUT2D eigenvalue weighted by atomic mass is 10.2. The molecule has 132 valence electrons. The molecule has 0 bridgehead atoms. The van der Waals surface area contributed by atoms with Crippen molar-refractivity contribution in [3.63, 3.8) is 0 Å². The van der Waals surface area contributed by atoms with E-state index in [1.807, 2.05) is 0 Å². The summed E-state index contributed by atoms with van der Waals surface area (Å²) in [6.07, 6.45) is 1.19. The number of hydrogen-bond donors (Lipinski definition) is 2. The molecule has 0 aliphatic heterocycles. The van der Waals surface area contributed by atoms with E-state index in [0.29, 0.717) is 13.1 Å². The molecule has 2 rings (SSSR count). The molecule has 9 heteroatoms. The summed E-state index contributed by atoms with van der Waals surface area (Å²) in [7, 11) is 0. The lowest BCUT2D eigenvalue weighted by Crippen LogP contribution is -2.27. The standard InChI is InChI=1S/C16H16ClN3O4S/c1-3-19-13(21)11(14(22)20(4-2)16(19)25)8-18-9-5-6-12(17)10(7-9)15(23)24/h5-8,21H,3-4H2,1-2H3,(H,23,24). The van der Waals surface area contributed by atoms with Crippen LogP contribution in [0, 0.1) is 4.77 Å². The van der Waals surface area contributed by atoms with E-state index in [2.05, 4.69) is 4.99 Å². The van der Waals surface area contributed by atoms with Gasteiger partial charge in [0.1, 0.15) is 5.56 Å². The van der Waals surface area contributed by atoms with Gasteiger partial charge in [-0.3, -0.25) is 18.9 Å². The molecule has 0 spiro atoms. The molecule has 0 aliphatic rings. The van der Waals surface area contributed by atoms with Gasteiger partial charge < -0.3 is 10.2 Å². The average Bonchev–Trinajstić information content (AvgIpc) is 2.56. The van der Waals surface area contributed by atoms with Crippen LogP contribution in [0.1, 0.15) is 29.8 Å². The molecule has 7 nitrogen and oxygen atoms in total. The summed E-state index contributed by atoms with van der Waals surface area (Å²) >= 11 is 11.0. The molecule has 0 unspecified atom stereocenters.